The molecule has 0 spiro atoms. The predicted octanol–water partition coefficient (Wildman–Crippen LogP) is 5.41. The first-order valence-electron chi connectivity index (χ1n) is 8.62. The molecule has 2 heterocycles. The zero-order valence-electron chi connectivity index (χ0n) is 14.7. The van der Waals surface area contributed by atoms with Gasteiger partial charge in [0.25, 0.3) is 5.56 Å². The third-order valence-corrected chi connectivity index (χ3v) is 4.91. The van der Waals surface area contributed by atoms with Gasteiger partial charge in [-0.2, -0.15) is 5.26 Å². The number of H-pyrrole nitrogens is 1. The van der Waals surface area contributed by atoms with E-state index in [4.69, 9.17) is 0 Å². The number of rotatable bonds is 3. The fraction of sp³-hybridized carbons (Fsp3) is 0. The molecule has 4 nitrogen and oxygen atoms in total. The largest absolute Gasteiger partial charge is 0.328 e. The molecule has 134 valence electrons. The van der Waals surface area contributed by atoms with Crippen LogP contribution in [-0.4, -0.2) is 9.97 Å². The maximum absolute atomic E-state index is 12.9. The number of hydrogen-bond acceptors (Lipinski definition) is 3. The summed E-state index contributed by atoms with van der Waals surface area (Å²) in [7, 11) is 0. The fourth-order valence-electron chi connectivity index (χ4n) is 3.25. The van der Waals surface area contributed by atoms with E-state index in [1.807, 2.05) is 54.6 Å². The van der Waals surface area contributed by atoms with E-state index in [1.54, 1.807) is 24.4 Å². The highest BCUT2D eigenvalue weighted by atomic mass is 79.9. The molecule has 0 aliphatic carbocycles. The van der Waals surface area contributed by atoms with Crippen molar-refractivity contribution >= 4 is 15.9 Å². The van der Waals surface area contributed by atoms with Gasteiger partial charge in [-0.1, -0.05) is 54.6 Å². The minimum atomic E-state index is -0.250. The third-order valence-electron chi connectivity index (χ3n) is 4.46. The Kier molecular flexibility index (Phi) is 4.88. The number of pyridine rings is 2. The maximum Gasteiger partial charge on any atom is 0.256 e. The molecular weight excluding hydrogens is 414 g/mol. The summed E-state index contributed by atoms with van der Waals surface area (Å²) >= 11 is 3.41. The second kappa shape index (κ2) is 7.63. The lowest BCUT2D eigenvalue weighted by Gasteiger charge is -2.15. The Labute approximate surface area is 170 Å². The van der Waals surface area contributed by atoms with Crippen LogP contribution in [-0.2, 0) is 0 Å². The second-order valence-corrected chi connectivity index (χ2v) is 6.96. The average molecular weight is 428 g/mol. The maximum atomic E-state index is 12.9. The second-order valence-electron chi connectivity index (χ2n) is 6.15. The van der Waals surface area contributed by atoms with E-state index in [0.717, 1.165) is 22.4 Å². The van der Waals surface area contributed by atoms with Crippen LogP contribution in [0.1, 0.15) is 5.56 Å². The molecule has 0 saturated heterocycles. The van der Waals surface area contributed by atoms with Crippen molar-refractivity contribution in [2.75, 3.05) is 0 Å². The average Bonchev–Trinajstić information content (AvgIpc) is 2.74. The van der Waals surface area contributed by atoms with Crippen molar-refractivity contribution in [1.82, 2.24) is 9.97 Å². The van der Waals surface area contributed by atoms with Crippen molar-refractivity contribution in [3.8, 4) is 39.6 Å². The molecule has 2 aromatic carbocycles. The highest BCUT2D eigenvalue weighted by Crippen LogP contribution is 2.38. The molecule has 4 aromatic rings. The van der Waals surface area contributed by atoms with Crippen LogP contribution in [0.15, 0.2) is 88.4 Å². The quantitative estimate of drug-likeness (QED) is 0.444. The molecule has 0 bridgehead atoms. The Hall–Kier alpha value is -3.49. The number of benzene rings is 2. The molecule has 0 atom stereocenters. The van der Waals surface area contributed by atoms with E-state index < -0.39 is 0 Å². The van der Waals surface area contributed by atoms with Gasteiger partial charge in [0.2, 0.25) is 0 Å². The number of nitrogens with zero attached hydrogens (tertiary/aromatic N) is 2. The molecule has 0 fully saturated rings. The van der Waals surface area contributed by atoms with Crippen molar-refractivity contribution in [2.24, 2.45) is 0 Å². The molecule has 0 aliphatic heterocycles. The molecule has 0 aliphatic rings. The Balaban J connectivity index is 2.14. The van der Waals surface area contributed by atoms with Crippen LogP contribution in [0.2, 0.25) is 0 Å². The van der Waals surface area contributed by atoms with Gasteiger partial charge in [-0.15, -0.1) is 0 Å². The number of hydrogen-bond donors (Lipinski definition) is 1. The lowest BCUT2D eigenvalue weighted by molar-refractivity contribution is 1.21. The molecule has 0 unspecified atom stereocenters. The van der Waals surface area contributed by atoms with Crippen LogP contribution in [0.5, 0.6) is 0 Å². The number of aromatic amines is 1. The zero-order chi connectivity index (χ0) is 19.5. The highest BCUT2D eigenvalue weighted by molar-refractivity contribution is 9.10. The van der Waals surface area contributed by atoms with Gasteiger partial charge in [-0.3, -0.25) is 4.79 Å². The van der Waals surface area contributed by atoms with Gasteiger partial charge in [0.05, 0.1) is 22.9 Å². The molecule has 1 N–H and O–H groups in total. The standard InChI is InChI=1S/C23H14BrN3O/c24-20-12-6-11-19(27-20)18-14-26-23(28)22(17-10-5-4-9-16(17)13-25)21(18)15-7-2-1-3-8-15/h1-12,14H,(H,26,28). The smallest absolute Gasteiger partial charge is 0.256 e. The summed E-state index contributed by atoms with van der Waals surface area (Å²) < 4.78 is 0.703. The van der Waals surface area contributed by atoms with Crippen LogP contribution in [0.4, 0.5) is 0 Å². The van der Waals surface area contributed by atoms with Crippen molar-refractivity contribution in [3.63, 3.8) is 0 Å². The van der Waals surface area contributed by atoms with E-state index in [-0.39, 0.29) is 5.56 Å². The van der Waals surface area contributed by atoms with Crippen LogP contribution in [0.25, 0.3) is 33.5 Å². The molecule has 4 rings (SSSR count). The normalized spacial score (nSPS) is 10.4. The monoisotopic (exact) mass is 427 g/mol. The Morgan fingerprint density at radius 1 is 0.857 bits per heavy atom. The molecule has 0 amide bonds. The number of nitrogens with one attached hydrogen (secondary N) is 1. The summed E-state index contributed by atoms with van der Waals surface area (Å²) in [4.78, 5) is 20.3. The fourth-order valence-corrected chi connectivity index (χ4v) is 3.59. The van der Waals surface area contributed by atoms with Crippen LogP contribution < -0.4 is 5.56 Å². The first-order chi connectivity index (χ1) is 13.7. The van der Waals surface area contributed by atoms with E-state index >= 15 is 0 Å². The van der Waals surface area contributed by atoms with Crippen molar-refractivity contribution in [1.29, 1.82) is 5.26 Å². The predicted molar refractivity (Wildman–Crippen MR) is 114 cm³/mol. The lowest BCUT2D eigenvalue weighted by atomic mass is 9.89. The third kappa shape index (κ3) is 3.26. The highest BCUT2D eigenvalue weighted by Gasteiger charge is 2.20. The lowest BCUT2D eigenvalue weighted by Crippen LogP contribution is -2.12. The molecule has 2 aromatic heterocycles. The van der Waals surface area contributed by atoms with E-state index in [9.17, 15) is 10.1 Å². The van der Waals surface area contributed by atoms with Gasteiger partial charge in [0.1, 0.15) is 4.60 Å². The molecule has 0 saturated carbocycles. The summed E-state index contributed by atoms with van der Waals surface area (Å²) in [5, 5.41) is 9.57. The van der Waals surface area contributed by atoms with Crippen molar-refractivity contribution < 1.29 is 0 Å². The number of aromatic nitrogens is 2. The van der Waals surface area contributed by atoms with E-state index in [1.165, 1.54) is 0 Å². The molecule has 5 heteroatoms. The molecule has 28 heavy (non-hydrogen) atoms. The Morgan fingerprint density at radius 3 is 2.36 bits per heavy atom. The van der Waals surface area contributed by atoms with Gasteiger partial charge in [0.15, 0.2) is 0 Å². The topological polar surface area (TPSA) is 69.5 Å². The van der Waals surface area contributed by atoms with Gasteiger partial charge < -0.3 is 4.98 Å². The van der Waals surface area contributed by atoms with Gasteiger partial charge in [0, 0.05) is 22.9 Å². The first kappa shape index (κ1) is 17.9. The Morgan fingerprint density at radius 2 is 1.61 bits per heavy atom. The summed E-state index contributed by atoms with van der Waals surface area (Å²) in [6.45, 7) is 0. The summed E-state index contributed by atoms with van der Waals surface area (Å²) in [5.74, 6) is 0. The summed E-state index contributed by atoms with van der Waals surface area (Å²) in [6.07, 6.45) is 1.68. The van der Waals surface area contributed by atoms with Gasteiger partial charge >= 0.3 is 0 Å². The number of halogens is 1. The molecular formula is C23H14BrN3O. The SMILES string of the molecule is N#Cc1ccccc1-c1c(-c2ccccc2)c(-c2cccc(Br)n2)c[nH]c1=O. The van der Waals surface area contributed by atoms with Crippen molar-refractivity contribution in [3.05, 3.63) is 99.5 Å². The number of nitriles is 1. The van der Waals surface area contributed by atoms with Gasteiger partial charge in [-0.25, -0.2) is 4.98 Å². The van der Waals surface area contributed by atoms with Crippen LogP contribution >= 0.6 is 15.9 Å². The van der Waals surface area contributed by atoms with E-state index in [2.05, 4.69) is 32.0 Å². The first-order valence-corrected chi connectivity index (χ1v) is 9.42. The zero-order valence-corrected chi connectivity index (χ0v) is 16.3. The van der Waals surface area contributed by atoms with E-state index in [0.29, 0.717) is 21.3 Å². The summed E-state index contributed by atoms with van der Waals surface area (Å²) in [5.41, 5.74) is 4.40. The van der Waals surface area contributed by atoms with Crippen LogP contribution in [0, 0.1) is 11.3 Å². The minimum absolute atomic E-state index is 0.250. The molecule has 0 radical (unpaired) electrons. The summed E-state index contributed by atoms with van der Waals surface area (Å²) in [6, 6.07) is 24.7. The van der Waals surface area contributed by atoms with Crippen LogP contribution in [0.3, 0.4) is 0 Å². The minimum Gasteiger partial charge on any atom is -0.328 e. The van der Waals surface area contributed by atoms with Crippen molar-refractivity contribution in [2.45, 2.75) is 0 Å². The Bertz CT molecular complexity index is 1260. The van der Waals surface area contributed by atoms with Gasteiger partial charge in [-0.05, 0) is 39.7 Å².